The summed E-state index contributed by atoms with van der Waals surface area (Å²) in [6.45, 7) is 8.47. The zero-order valence-electron chi connectivity index (χ0n) is 17.3. The lowest BCUT2D eigenvalue weighted by Crippen LogP contribution is -2.56. The minimum Gasteiger partial charge on any atom is -0.508 e. The monoisotopic (exact) mass is 395 g/mol. The summed E-state index contributed by atoms with van der Waals surface area (Å²) in [4.78, 5) is 29.8. The van der Waals surface area contributed by atoms with Crippen LogP contribution in [0.2, 0.25) is 0 Å². The van der Waals surface area contributed by atoms with Crippen molar-refractivity contribution in [1.82, 2.24) is 10.2 Å². The number of phenolic OH excluding ortho intramolecular Hbond substituents is 1. The van der Waals surface area contributed by atoms with Gasteiger partial charge in [-0.25, -0.2) is 0 Å². The van der Waals surface area contributed by atoms with E-state index in [-0.39, 0.29) is 23.5 Å². The molecule has 6 heteroatoms. The molecule has 0 aromatic heterocycles. The van der Waals surface area contributed by atoms with Crippen molar-refractivity contribution in [3.8, 4) is 5.75 Å². The third-order valence-electron chi connectivity index (χ3n) is 5.31. The zero-order chi connectivity index (χ0) is 21.0. The van der Waals surface area contributed by atoms with Gasteiger partial charge in [0, 0.05) is 37.4 Å². The summed E-state index contributed by atoms with van der Waals surface area (Å²) >= 11 is 0. The number of nitrogens with one attached hydrogen (secondary N) is 1. The molecule has 6 nitrogen and oxygen atoms in total. The average molecular weight is 396 g/mol. The first kappa shape index (κ1) is 20.7. The van der Waals surface area contributed by atoms with Crippen LogP contribution in [0.15, 0.2) is 48.5 Å². The van der Waals surface area contributed by atoms with E-state index in [1.54, 1.807) is 18.2 Å². The van der Waals surface area contributed by atoms with Crippen LogP contribution in [0.5, 0.6) is 5.75 Å². The lowest BCUT2D eigenvalue weighted by molar-refractivity contribution is -0.134. The zero-order valence-corrected chi connectivity index (χ0v) is 17.3. The van der Waals surface area contributed by atoms with E-state index < -0.39 is 6.04 Å². The molecule has 1 heterocycles. The number of hydrogen-bond acceptors (Lipinski definition) is 4. The summed E-state index contributed by atoms with van der Waals surface area (Å²) in [5.41, 5.74) is 2.61. The highest BCUT2D eigenvalue weighted by Gasteiger charge is 2.31. The van der Waals surface area contributed by atoms with Crippen molar-refractivity contribution in [3.63, 3.8) is 0 Å². The first-order valence-corrected chi connectivity index (χ1v) is 10.1. The predicted octanol–water partition coefficient (Wildman–Crippen LogP) is 2.80. The molecule has 2 amide bonds. The van der Waals surface area contributed by atoms with Crippen LogP contribution in [0.1, 0.15) is 29.8 Å². The maximum atomic E-state index is 13.1. The molecule has 0 radical (unpaired) electrons. The van der Waals surface area contributed by atoms with Crippen LogP contribution in [0.3, 0.4) is 0 Å². The Hall–Kier alpha value is -3.02. The molecular weight excluding hydrogens is 366 g/mol. The maximum absolute atomic E-state index is 13.1. The topological polar surface area (TPSA) is 72.9 Å². The van der Waals surface area contributed by atoms with Crippen LogP contribution in [-0.2, 0) is 4.79 Å². The number of nitrogens with zero attached hydrogens (tertiary/aromatic N) is 2. The van der Waals surface area contributed by atoms with Crippen molar-refractivity contribution in [1.29, 1.82) is 0 Å². The van der Waals surface area contributed by atoms with Crippen molar-refractivity contribution in [2.24, 2.45) is 5.92 Å². The molecule has 154 valence electrons. The van der Waals surface area contributed by atoms with Gasteiger partial charge in [0.1, 0.15) is 11.8 Å². The smallest absolute Gasteiger partial charge is 0.251 e. The summed E-state index contributed by atoms with van der Waals surface area (Å²) in [6, 6.07) is 13.9. The largest absolute Gasteiger partial charge is 0.508 e. The molecule has 3 rings (SSSR count). The Bertz CT molecular complexity index is 856. The summed E-state index contributed by atoms with van der Waals surface area (Å²) in [7, 11) is 0. The normalized spacial score (nSPS) is 15.3. The van der Waals surface area contributed by atoms with Crippen LogP contribution in [0.25, 0.3) is 0 Å². The fourth-order valence-electron chi connectivity index (χ4n) is 3.57. The highest BCUT2D eigenvalue weighted by molar-refractivity contribution is 5.97. The second-order valence-corrected chi connectivity index (χ2v) is 7.89. The highest BCUT2D eigenvalue weighted by atomic mass is 16.3. The number of aryl methyl sites for hydroxylation is 1. The van der Waals surface area contributed by atoms with E-state index >= 15 is 0 Å². The number of rotatable bonds is 5. The number of carbonyl (C=O) groups is 2. The Morgan fingerprint density at radius 3 is 2.24 bits per heavy atom. The molecule has 0 spiro atoms. The Labute approximate surface area is 172 Å². The highest BCUT2D eigenvalue weighted by Crippen LogP contribution is 2.20. The first-order chi connectivity index (χ1) is 13.8. The Kier molecular flexibility index (Phi) is 6.42. The molecule has 1 aliphatic heterocycles. The number of aromatic hydroxyl groups is 1. The summed E-state index contributed by atoms with van der Waals surface area (Å²) < 4.78 is 0. The number of piperazine rings is 1. The molecule has 29 heavy (non-hydrogen) atoms. The SMILES string of the molecule is Cc1cccc(C(=O)NC(C(=O)N2CCN(c3ccc(O)cc3)CC2)C(C)C)c1. The fraction of sp³-hybridized carbons (Fsp3) is 0.391. The summed E-state index contributed by atoms with van der Waals surface area (Å²) in [6.07, 6.45) is 0. The van der Waals surface area contributed by atoms with Gasteiger partial charge >= 0.3 is 0 Å². The van der Waals surface area contributed by atoms with Crippen LogP contribution in [0, 0.1) is 12.8 Å². The van der Waals surface area contributed by atoms with Gasteiger partial charge in [-0.05, 0) is 49.2 Å². The Morgan fingerprint density at radius 2 is 1.66 bits per heavy atom. The minimum absolute atomic E-state index is 0.00797. The predicted molar refractivity (Wildman–Crippen MR) is 114 cm³/mol. The van der Waals surface area contributed by atoms with Crippen molar-refractivity contribution in [2.45, 2.75) is 26.8 Å². The molecular formula is C23H29N3O3. The number of carbonyl (C=O) groups excluding carboxylic acids is 2. The van der Waals surface area contributed by atoms with Gasteiger partial charge in [0.2, 0.25) is 5.91 Å². The first-order valence-electron chi connectivity index (χ1n) is 10.1. The fourth-order valence-corrected chi connectivity index (χ4v) is 3.57. The molecule has 1 atom stereocenters. The van der Waals surface area contributed by atoms with E-state index in [4.69, 9.17) is 0 Å². The van der Waals surface area contributed by atoms with Crippen LogP contribution in [0.4, 0.5) is 5.69 Å². The van der Waals surface area contributed by atoms with Crippen LogP contribution in [-0.4, -0.2) is 54.0 Å². The molecule has 2 aromatic carbocycles. The van der Waals surface area contributed by atoms with Crippen LogP contribution >= 0.6 is 0 Å². The molecule has 1 saturated heterocycles. The van der Waals surface area contributed by atoms with E-state index in [2.05, 4.69) is 10.2 Å². The minimum atomic E-state index is -0.553. The van der Waals surface area contributed by atoms with Gasteiger partial charge in [-0.15, -0.1) is 0 Å². The molecule has 1 unspecified atom stereocenters. The lowest BCUT2D eigenvalue weighted by atomic mass is 10.0. The Balaban J connectivity index is 1.62. The molecule has 1 fully saturated rings. The number of anilines is 1. The van der Waals surface area contributed by atoms with E-state index in [0.717, 1.165) is 11.3 Å². The van der Waals surface area contributed by atoms with Gasteiger partial charge in [0.15, 0.2) is 0 Å². The second kappa shape index (κ2) is 8.99. The quantitative estimate of drug-likeness (QED) is 0.817. The standard InChI is InChI=1S/C23H29N3O3/c1-16(2)21(24-22(28)18-6-4-5-17(3)15-18)23(29)26-13-11-25(12-14-26)19-7-9-20(27)10-8-19/h4-10,15-16,21,27H,11-14H2,1-3H3,(H,24,28). The van der Waals surface area contributed by atoms with Crippen molar-refractivity contribution >= 4 is 17.5 Å². The second-order valence-electron chi connectivity index (χ2n) is 7.89. The van der Waals surface area contributed by atoms with Gasteiger partial charge in [-0.1, -0.05) is 31.5 Å². The van der Waals surface area contributed by atoms with E-state index in [1.165, 1.54) is 0 Å². The van der Waals surface area contributed by atoms with E-state index in [1.807, 2.05) is 56.0 Å². The van der Waals surface area contributed by atoms with E-state index in [9.17, 15) is 14.7 Å². The molecule has 2 N–H and O–H groups in total. The third-order valence-corrected chi connectivity index (χ3v) is 5.31. The lowest BCUT2D eigenvalue weighted by Gasteiger charge is -2.38. The Morgan fingerprint density at radius 1 is 1.00 bits per heavy atom. The van der Waals surface area contributed by atoms with Crippen molar-refractivity contribution < 1.29 is 14.7 Å². The third kappa shape index (κ3) is 5.08. The number of amides is 2. The van der Waals surface area contributed by atoms with Gasteiger partial charge in [-0.3, -0.25) is 9.59 Å². The van der Waals surface area contributed by atoms with Crippen LogP contribution < -0.4 is 10.2 Å². The maximum Gasteiger partial charge on any atom is 0.251 e. The van der Waals surface area contributed by atoms with Gasteiger partial charge in [0.25, 0.3) is 5.91 Å². The molecule has 0 aliphatic carbocycles. The number of benzene rings is 2. The van der Waals surface area contributed by atoms with E-state index in [0.29, 0.717) is 31.7 Å². The van der Waals surface area contributed by atoms with Crippen molar-refractivity contribution in [2.75, 3.05) is 31.1 Å². The summed E-state index contributed by atoms with van der Waals surface area (Å²) in [5.74, 6) is -0.0204. The summed E-state index contributed by atoms with van der Waals surface area (Å²) in [5, 5.41) is 12.4. The average Bonchev–Trinajstić information content (AvgIpc) is 2.72. The number of phenols is 1. The van der Waals surface area contributed by atoms with Crippen molar-refractivity contribution in [3.05, 3.63) is 59.7 Å². The van der Waals surface area contributed by atoms with Gasteiger partial charge in [-0.2, -0.15) is 0 Å². The van der Waals surface area contributed by atoms with Gasteiger partial charge < -0.3 is 20.2 Å². The molecule has 0 saturated carbocycles. The molecule has 2 aromatic rings. The number of hydrogen-bond donors (Lipinski definition) is 2. The molecule has 1 aliphatic rings. The van der Waals surface area contributed by atoms with Gasteiger partial charge in [0.05, 0.1) is 0 Å². The molecule has 0 bridgehead atoms.